The Hall–Kier alpha value is -4.19. The van der Waals surface area contributed by atoms with Crippen molar-refractivity contribution in [3.63, 3.8) is 0 Å². The van der Waals surface area contributed by atoms with Gasteiger partial charge in [0.05, 0.1) is 16.9 Å². The zero-order chi connectivity index (χ0) is 22.9. The molecule has 0 radical (unpaired) electrons. The van der Waals surface area contributed by atoms with Crippen LogP contribution >= 0.6 is 0 Å². The molecule has 3 heterocycles. The molecule has 0 unspecified atom stereocenters. The first-order valence-corrected chi connectivity index (χ1v) is 10.8. The molecule has 0 N–H and O–H groups in total. The van der Waals surface area contributed by atoms with Gasteiger partial charge in [0.15, 0.2) is 11.4 Å². The highest BCUT2D eigenvalue weighted by Crippen LogP contribution is 2.24. The largest absolute Gasteiger partial charge is 0.485 e. The minimum atomic E-state index is -0.170. The summed E-state index contributed by atoms with van der Waals surface area (Å²) in [5.41, 5.74) is 6.16. The number of ether oxygens (including phenoxy) is 1. The van der Waals surface area contributed by atoms with Crippen molar-refractivity contribution in [2.45, 2.75) is 27.4 Å². The Kier molecular flexibility index (Phi) is 5.26. The molecule has 0 aliphatic carbocycles. The van der Waals surface area contributed by atoms with Gasteiger partial charge in [0, 0.05) is 11.9 Å². The van der Waals surface area contributed by atoms with Crippen molar-refractivity contribution in [2.24, 2.45) is 0 Å². The molecule has 0 atom stereocenters. The summed E-state index contributed by atoms with van der Waals surface area (Å²) in [6.45, 7) is 6.26. The van der Waals surface area contributed by atoms with Gasteiger partial charge in [-0.3, -0.25) is 9.20 Å². The van der Waals surface area contributed by atoms with Gasteiger partial charge in [0.1, 0.15) is 12.3 Å². The minimum Gasteiger partial charge on any atom is -0.485 e. The van der Waals surface area contributed by atoms with Crippen LogP contribution in [0.15, 0.2) is 83.8 Å². The van der Waals surface area contributed by atoms with E-state index >= 15 is 0 Å². The first-order chi connectivity index (χ1) is 16.0. The predicted octanol–water partition coefficient (Wildman–Crippen LogP) is 5.05. The summed E-state index contributed by atoms with van der Waals surface area (Å²) in [5.74, 6) is 0.566. The molecule has 0 saturated carbocycles. The first-order valence-electron chi connectivity index (χ1n) is 10.8. The topological polar surface area (TPSA) is 61.4 Å². The highest BCUT2D eigenvalue weighted by Gasteiger charge is 2.18. The number of fused-ring (bicyclic) bond motifs is 1. The van der Waals surface area contributed by atoms with Gasteiger partial charge >= 0.3 is 0 Å². The van der Waals surface area contributed by atoms with E-state index in [4.69, 9.17) is 14.8 Å². The maximum absolute atomic E-state index is 13.5. The number of para-hydroxylation sites is 1. The Morgan fingerprint density at radius 1 is 0.909 bits per heavy atom. The Bertz CT molecular complexity index is 1520. The molecule has 5 rings (SSSR count). The van der Waals surface area contributed by atoms with Crippen molar-refractivity contribution in [1.82, 2.24) is 19.2 Å². The molecule has 0 amide bonds. The van der Waals surface area contributed by atoms with Crippen LogP contribution in [-0.2, 0) is 6.61 Å². The van der Waals surface area contributed by atoms with Gasteiger partial charge in [-0.1, -0.05) is 48.0 Å². The average Bonchev–Trinajstić information content (AvgIpc) is 3.19. The minimum absolute atomic E-state index is 0.170. The molecule has 0 saturated heterocycles. The van der Waals surface area contributed by atoms with Crippen molar-refractivity contribution in [1.29, 1.82) is 0 Å². The Morgan fingerprint density at radius 2 is 1.73 bits per heavy atom. The van der Waals surface area contributed by atoms with Crippen molar-refractivity contribution < 1.29 is 4.74 Å². The van der Waals surface area contributed by atoms with Crippen LogP contribution in [0.4, 0.5) is 0 Å². The third kappa shape index (κ3) is 3.91. The highest BCUT2D eigenvalue weighted by atomic mass is 16.5. The SMILES string of the molecule is Cc1cccc(COc2cccn3c(=O)c(-c4cc(C)n(-c5ccccc5)n4)c(C)nc23)c1. The van der Waals surface area contributed by atoms with Crippen molar-refractivity contribution in [3.8, 4) is 22.7 Å². The van der Waals surface area contributed by atoms with Crippen molar-refractivity contribution >= 4 is 5.65 Å². The van der Waals surface area contributed by atoms with Gasteiger partial charge in [0.2, 0.25) is 0 Å². The molecule has 0 bridgehead atoms. The number of hydrogen-bond donors (Lipinski definition) is 0. The van der Waals surface area contributed by atoms with E-state index in [0.717, 1.165) is 16.9 Å². The lowest BCUT2D eigenvalue weighted by Crippen LogP contribution is -2.19. The van der Waals surface area contributed by atoms with Crippen molar-refractivity contribution in [3.05, 3.63) is 112 Å². The standard InChI is InChI=1S/C27H24N4O2/c1-18-9-7-10-21(15-18)17-33-24-13-8-14-30-26(24)28-20(3)25(27(30)32)23-16-19(2)31(29-23)22-11-5-4-6-12-22/h4-16H,17H2,1-3H3. The summed E-state index contributed by atoms with van der Waals surface area (Å²) in [6.07, 6.45) is 1.72. The molecule has 5 aromatic rings. The molecule has 0 aliphatic heterocycles. The smallest absolute Gasteiger partial charge is 0.267 e. The molecule has 0 aliphatic rings. The van der Waals surface area contributed by atoms with Crippen LogP contribution in [0.2, 0.25) is 0 Å². The molecule has 2 aromatic carbocycles. The Morgan fingerprint density at radius 3 is 2.52 bits per heavy atom. The lowest BCUT2D eigenvalue weighted by atomic mass is 10.1. The van der Waals surface area contributed by atoms with Gasteiger partial charge < -0.3 is 4.74 Å². The molecule has 33 heavy (non-hydrogen) atoms. The average molecular weight is 437 g/mol. The number of nitrogens with zero attached hydrogens (tertiary/aromatic N) is 4. The van der Waals surface area contributed by atoms with Gasteiger partial charge in [-0.2, -0.15) is 5.10 Å². The van der Waals surface area contributed by atoms with Gasteiger partial charge in [-0.25, -0.2) is 9.67 Å². The molecule has 6 heteroatoms. The molecule has 6 nitrogen and oxygen atoms in total. The lowest BCUT2D eigenvalue weighted by molar-refractivity contribution is 0.307. The van der Waals surface area contributed by atoms with E-state index in [1.807, 2.05) is 86.1 Å². The zero-order valence-corrected chi connectivity index (χ0v) is 18.8. The molecule has 3 aromatic heterocycles. The zero-order valence-electron chi connectivity index (χ0n) is 18.8. The number of hydrogen-bond acceptors (Lipinski definition) is 4. The summed E-state index contributed by atoms with van der Waals surface area (Å²) in [4.78, 5) is 18.2. The third-order valence-corrected chi connectivity index (χ3v) is 5.62. The Labute approximate surface area is 191 Å². The monoisotopic (exact) mass is 436 g/mol. The predicted molar refractivity (Wildman–Crippen MR) is 129 cm³/mol. The van der Waals surface area contributed by atoms with Crippen LogP contribution in [0.3, 0.4) is 0 Å². The number of rotatable bonds is 5. The fourth-order valence-electron chi connectivity index (χ4n) is 4.04. The van der Waals surface area contributed by atoms with E-state index in [1.165, 1.54) is 9.96 Å². The normalized spacial score (nSPS) is 11.1. The maximum atomic E-state index is 13.5. The quantitative estimate of drug-likeness (QED) is 0.387. The van der Waals surface area contributed by atoms with Crippen LogP contribution < -0.4 is 10.3 Å². The second-order valence-corrected chi connectivity index (χ2v) is 8.14. The number of aromatic nitrogens is 4. The van der Waals surface area contributed by atoms with Gasteiger partial charge in [0.25, 0.3) is 5.56 Å². The summed E-state index contributed by atoms with van der Waals surface area (Å²) < 4.78 is 9.43. The van der Waals surface area contributed by atoms with Crippen LogP contribution in [0.1, 0.15) is 22.5 Å². The molecule has 0 fully saturated rings. The van der Waals surface area contributed by atoms with Crippen LogP contribution in [0, 0.1) is 20.8 Å². The van der Waals surface area contributed by atoms with Crippen LogP contribution in [0.5, 0.6) is 5.75 Å². The highest BCUT2D eigenvalue weighted by molar-refractivity contribution is 5.65. The third-order valence-electron chi connectivity index (χ3n) is 5.62. The van der Waals surface area contributed by atoms with E-state index in [1.54, 1.807) is 12.3 Å². The van der Waals surface area contributed by atoms with E-state index in [2.05, 4.69) is 6.07 Å². The van der Waals surface area contributed by atoms with E-state index in [-0.39, 0.29) is 5.56 Å². The second-order valence-electron chi connectivity index (χ2n) is 8.14. The van der Waals surface area contributed by atoms with Crippen LogP contribution in [0.25, 0.3) is 22.6 Å². The number of benzene rings is 2. The summed E-state index contributed by atoms with van der Waals surface area (Å²) >= 11 is 0. The summed E-state index contributed by atoms with van der Waals surface area (Å²) in [7, 11) is 0. The summed E-state index contributed by atoms with van der Waals surface area (Å²) in [5, 5.41) is 4.72. The summed E-state index contributed by atoms with van der Waals surface area (Å²) in [6, 6.07) is 23.6. The van der Waals surface area contributed by atoms with Gasteiger partial charge in [-0.05, 0) is 56.7 Å². The van der Waals surface area contributed by atoms with E-state index in [9.17, 15) is 4.79 Å². The molecular weight excluding hydrogens is 412 g/mol. The Balaban J connectivity index is 1.55. The molecule has 164 valence electrons. The second kappa shape index (κ2) is 8.39. The van der Waals surface area contributed by atoms with Crippen molar-refractivity contribution in [2.75, 3.05) is 0 Å². The molecule has 0 spiro atoms. The fraction of sp³-hybridized carbons (Fsp3) is 0.148. The lowest BCUT2D eigenvalue weighted by Gasteiger charge is -2.12. The van der Waals surface area contributed by atoms with Crippen LogP contribution in [-0.4, -0.2) is 19.2 Å². The number of aryl methyl sites for hydroxylation is 3. The van der Waals surface area contributed by atoms with Gasteiger partial charge in [-0.15, -0.1) is 0 Å². The number of pyridine rings is 1. The maximum Gasteiger partial charge on any atom is 0.267 e. The van der Waals surface area contributed by atoms with E-state index < -0.39 is 0 Å². The van der Waals surface area contributed by atoms with E-state index in [0.29, 0.717) is 35.0 Å². The molecular formula is C27H24N4O2. The fourth-order valence-corrected chi connectivity index (χ4v) is 4.04. The first kappa shape index (κ1) is 20.7.